The molecule has 4 rings (SSSR count). The minimum absolute atomic E-state index is 0.0631. The summed E-state index contributed by atoms with van der Waals surface area (Å²) >= 11 is 0. The molecule has 0 unspecified atom stereocenters. The fraction of sp³-hybridized carbons (Fsp3) is 0.296. The van der Waals surface area contributed by atoms with Gasteiger partial charge in [-0.1, -0.05) is 19.1 Å². The molecular formula is C27H29N3O5. The lowest BCUT2D eigenvalue weighted by molar-refractivity contribution is -0.139. The summed E-state index contributed by atoms with van der Waals surface area (Å²) < 4.78 is 12.9. The van der Waals surface area contributed by atoms with Gasteiger partial charge in [0.15, 0.2) is 0 Å². The number of aliphatic hydroxyl groups is 1. The number of amides is 1. The van der Waals surface area contributed by atoms with Gasteiger partial charge in [-0.05, 0) is 54.8 Å². The number of carbonyl (C=O) groups excluding carboxylic acids is 2. The van der Waals surface area contributed by atoms with Crippen LogP contribution in [0.15, 0.2) is 72.8 Å². The fourth-order valence-corrected chi connectivity index (χ4v) is 4.20. The molecule has 1 saturated heterocycles. The molecule has 2 heterocycles. The van der Waals surface area contributed by atoms with E-state index < -0.39 is 17.7 Å². The number of likely N-dealkylation sites (tertiary alicyclic amines) is 1. The van der Waals surface area contributed by atoms with Crippen LogP contribution in [0.4, 0.5) is 0 Å². The molecule has 1 atom stereocenters. The molecule has 1 aromatic heterocycles. The molecule has 0 aliphatic carbocycles. The quantitative estimate of drug-likeness (QED) is 0.268. The molecule has 0 radical (unpaired) electrons. The van der Waals surface area contributed by atoms with Crippen LogP contribution < -0.4 is 9.47 Å². The van der Waals surface area contributed by atoms with Crippen molar-refractivity contribution in [1.82, 2.24) is 14.5 Å². The van der Waals surface area contributed by atoms with Crippen LogP contribution in [0, 0.1) is 0 Å². The van der Waals surface area contributed by atoms with Gasteiger partial charge in [0, 0.05) is 31.0 Å². The molecule has 8 nitrogen and oxygen atoms in total. The zero-order valence-corrected chi connectivity index (χ0v) is 19.9. The monoisotopic (exact) mass is 475 g/mol. The molecule has 1 N–H and O–H groups in total. The molecule has 1 fully saturated rings. The summed E-state index contributed by atoms with van der Waals surface area (Å²) in [5.41, 5.74) is 1.20. The van der Waals surface area contributed by atoms with Crippen molar-refractivity contribution in [3.05, 3.63) is 84.0 Å². The fourth-order valence-electron chi connectivity index (χ4n) is 4.20. The number of aromatic nitrogens is 2. The number of carbonyl (C=O) groups is 2. The van der Waals surface area contributed by atoms with Crippen LogP contribution >= 0.6 is 0 Å². The van der Waals surface area contributed by atoms with Crippen molar-refractivity contribution in [1.29, 1.82) is 0 Å². The topological polar surface area (TPSA) is 93.9 Å². The van der Waals surface area contributed by atoms with Crippen LogP contribution in [0.5, 0.6) is 11.5 Å². The van der Waals surface area contributed by atoms with Crippen LogP contribution in [-0.2, 0) is 16.1 Å². The van der Waals surface area contributed by atoms with E-state index in [0.29, 0.717) is 48.7 Å². The molecule has 3 aromatic rings. The maximum Gasteiger partial charge on any atom is 0.295 e. The number of ether oxygens (including phenoxy) is 2. The van der Waals surface area contributed by atoms with Gasteiger partial charge in [0.1, 0.15) is 17.3 Å². The molecule has 1 aliphatic rings. The number of hydrogen-bond acceptors (Lipinski definition) is 6. The van der Waals surface area contributed by atoms with Gasteiger partial charge in [0.25, 0.3) is 11.7 Å². The van der Waals surface area contributed by atoms with Gasteiger partial charge in [-0.2, -0.15) is 0 Å². The lowest BCUT2D eigenvalue weighted by Gasteiger charge is -2.25. The smallest absolute Gasteiger partial charge is 0.295 e. The van der Waals surface area contributed by atoms with Crippen LogP contribution in [0.3, 0.4) is 0 Å². The number of aliphatic hydroxyl groups excluding tert-OH is 1. The van der Waals surface area contributed by atoms with Crippen LogP contribution in [0.25, 0.3) is 5.76 Å². The molecule has 35 heavy (non-hydrogen) atoms. The van der Waals surface area contributed by atoms with Crippen molar-refractivity contribution >= 4 is 17.4 Å². The molecule has 0 bridgehead atoms. The number of ketones is 1. The average molecular weight is 476 g/mol. The molecule has 0 spiro atoms. The van der Waals surface area contributed by atoms with Crippen molar-refractivity contribution in [3.8, 4) is 11.5 Å². The normalized spacial score (nSPS) is 17.1. The Hall–Kier alpha value is -4.07. The van der Waals surface area contributed by atoms with E-state index >= 15 is 0 Å². The maximum absolute atomic E-state index is 13.2. The Morgan fingerprint density at radius 1 is 1.09 bits per heavy atom. The zero-order valence-electron chi connectivity index (χ0n) is 19.9. The third-order valence-electron chi connectivity index (χ3n) is 5.92. The second-order valence-corrected chi connectivity index (χ2v) is 8.30. The van der Waals surface area contributed by atoms with E-state index in [2.05, 4.69) is 4.98 Å². The van der Waals surface area contributed by atoms with E-state index in [1.807, 2.05) is 23.8 Å². The lowest BCUT2D eigenvalue weighted by Crippen LogP contribution is -2.31. The van der Waals surface area contributed by atoms with Crippen molar-refractivity contribution in [2.75, 3.05) is 20.3 Å². The summed E-state index contributed by atoms with van der Waals surface area (Å²) in [4.78, 5) is 31.9. The minimum atomic E-state index is -0.732. The minimum Gasteiger partial charge on any atom is -0.507 e. The Balaban J connectivity index is 1.70. The lowest BCUT2D eigenvalue weighted by atomic mass is 9.95. The number of imidazole rings is 1. The highest BCUT2D eigenvalue weighted by Gasteiger charge is 2.45. The number of benzene rings is 2. The number of hydrogen-bond donors (Lipinski definition) is 1. The highest BCUT2D eigenvalue weighted by Crippen LogP contribution is 2.40. The van der Waals surface area contributed by atoms with Gasteiger partial charge in [-0.3, -0.25) is 9.59 Å². The van der Waals surface area contributed by atoms with Crippen LogP contribution in [0.2, 0.25) is 0 Å². The summed E-state index contributed by atoms with van der Waals surface area (Å²) in [7, 11) is 1.56. The Bertz CT molecular complexity index is 1200. The van der Waals surface area contributed by atoms with Crippen LogP contribution in [-0.4, -0.2) is 51.5 Å². The van der Waals surface area contributed by atoms with Crippen molar-refractivity contribution < 1.29 is 24.2 Å². The van der Waals surface area contributed by atoms with E-state index in [1.54, 1.807) is 62.1 Å². The average Bonchev–Trinajstić information content (AvgIpc) is 3.49. The van der Waals surface area contributed by atoms with Gasteiger partial charge in [-0.15, -0.1) is 0 Å². The summed E-state index contributed by atoms with van der Waals surface area (Å²) in [6.07, 6.45) is 6.75. The van der Waals surface area contributed by atoms with Gasteiger partial charge in [0.05, 0.1) is 31.7 Å². The first-order valence-electron chi connectivity index (χ1n) is 11.6. The number of Topliss-reactive ketones (excluding diaryl/α,β-unsaturated/α-hetero) is 1. The van der Waals surface area contributed by atoms with Gasteiger partial charge >= 0.3 is 0 Å². The summed E-state index contributed by atoms with van der Waals surface area (Å²) in [6, 6.07) is 13.3. The SMILES string of the molecule is CCCOc1ccc(C(O)=C2C(=O)C(=O)N(CCCn3ccnc3)[C@H]2c2cccc(OC)c2)cc1. The summed E-state index contributed by atoms with van der Waals surface area (Å²) in [5.74, 6) is -0.274. The predicted octanol–water partition coefficient (Wildman–Crippen LogP) is 4.19. The first kappa shape index (κ1) is 24.1. The third-order valence-corrected chi connectivity index (χ3v) is 5.92. The molecule has 1 aliphatic heterocycles. The predicted molar refractivity (Wildman–Crippen MR) is 131 cm³/mol. The van der Waals surface area contributed by atoms with Gasteiger partial charge < -0.3 is 24.0 Å². The van der Waals surface area contributed by atoms with Gasteiger partial charge in [0.2, 0.25) is 0 Å². The Kier molecular flexibility index (Phi) is 7.50. The molecule has 182 valence electrons. The van der Waals surface area contributed by atoms with E-state index in [1.165, 1.54) is 4.90 Å². The molecule has 0 saturated carbocycles. The second kappa shape index (κ2) is 10.9. The van der Waals surface area contributed by atoms with E-state index in [4.69, 9.17) is 9.47 Å². The summed E-state index contributed by atoms with van der Waals surface area (Å²) in [6.45, 7) is 3.59. The molecular weight excluding hydrogens is 446 g/mol. The van der Waals surface area contributed by atoms with Crippen molar-refractivity contribution in [2.24, 2.45) is 0 Å². The number of methoxy groups -OCH3 is 1. The Labute approximate surface area is 204 Å². The van der Waals surface area contributed by atoms with E-state index in [0.717, 1.165) is 6.42 Å². The van der Waals surface area contributed by atoms with Crippen molar-refractivity contribution in [3.63, 3.8) is 0 Å². The molecule has 8 heteroatoms. The number of aryl methyl sites for hydroxylation is 1. The van der Waals surface area contributed by atoms with E-state index in [-0.39, 0.29) is 11.3 Å². The standard InChI is InChI=1S/C27H29N3O5/c1-3-16-35-21-10-8-19(9-11-21)25(31)23-24(20-6-4-7-22(17-20)34-2)30(27(33)26(23)32)14-5-13-29-15-12-28-18-29/h4,6-12,15,17-18,24,31H,3,5,13-14,16H2,1-2H3/t24-/m0/s1. The molecule has 2 aromatic carbocycles. The second-order valence-electron chi connectivity index (χ2n) is 8.30. The van der Waals surface area contributed by atoms with E-state index in [9.17, 15) is 14.7 Å². The summed E-state index contributed by atoms with van der Waals surface area (Å²) in [5, 5.41) is 11.2. The molecule has 1 amide bonds. The highest BCUT2D eigenvalue weighted by atomic mass is 16.5. The first-order valence-corrected chi connectivity index (χ1v) is 11.6. The Morgan fingerprint density at radius 3 is 2.57 bits per heavy atom. The maximum atomic E-state index is 13.2. The highest BCUT2D eigenvalue weighted by molar-refractivity contribution is 6.46. The first-order chi connectivity index (χ1) is 17.0. The Morgan fingerprint density at radius 2 is 1.89 bits per heavy atom. The largest absolute Gasteiger partial charge is 0.507 e. The zero-order chi connectivity index (χ0) is 24.8. The van der Waals surface area contributed by atoms with Crippen LogP contribution in [0.1, 0.15) is 36.9 Å². The third kappa shape index (κ3) is 5.21. The van der Waals surface area contributed by atoms with Gasteiger partial charge in [-0.25, -0.2) is 4.98 Å². The number of nitrogens with zero attached hydrogens (tertiary/aromatic N) is 3. The number of rotatable bonds is 10. The van der Waals surface area contributed by atoms with Crippen molar-refractivity contribution in [2.45, 2.75) is 32.4 Å².